The molecule has 1 aromatic heterocycles. The molecule has 0 unspecified atom stereocenters. The van der Waals surface area contributed by atoms with E-state index in [0.29, 0.717) is 22.7 Å². The maximum Gasteiger partial charge on any atom is 0.284 e. The normalized spacial score (nSPS) is 10.5. The average molecular weight is 356 g/mol. The number of amides is 2. The van der Waals surface area contributed by atoms with Gasteiger partial charge in [0.05, 0.1) is 17.6 Å². The zero-order valence-corrected chi connectivity index (χ0v) is 14.2. The van der Waals surface area contributed by atoms with Crippen LogP contribution in [0.2, 0.25) is 0 Å². The summed E-state index contributed by atoms with van der Waals surface area (Å²) in [6.07, 6.45) is 0. The molecule has 7 heteroatoms. The van der Waals surface area contributed by atoms with E-state index in [9.17, 15) is 9.59 Å². The SMILES string of the molecule is COc1ccccc1C(=O)NCc1ccc2cc(C(=O)NO)sc2c1. The fourth-order valence-corrected chi connectivity index (χ4v) is 3.48. The monoisotopic (exact) mass is 356 g/mol. The first-order valence-corrected chi connectivity index (χ1v) is 8.32. The Kier molecular flexibility index (Phi) is 4.97. The zero-order valence-electron chi connectivity index (χ0n) is 13.4. The largest absolute Gasteiger partial charge is 0.496 e. The smallest absolute Gasteiger partial charge is 0.284 e. The third-order valence-corrected chi connectivity index (χ3v) is 4.81. The van der Waals surface area contributed by atoms with Gasteiger partial charge in [0.15, 0.2) is 0 Å². The van der Waals surface area contributed by atoms with Gasteiger partial charge in [0.25, 0.3) is 11.8 Å². The molecule has 0 fully saturated rings. The Bertz CT molecular complexity index is 936. The molecule has 6 nitrogen and oxygen atoms in total. The molecular formula is C18H16N2O4S. The topological polar surface area (TPSA) is 87.7 Å². The summed E-state index contributed by atoms with van der Waals surface area (Å²) in [7, 11) is 1.52. The van der Waals surface area contributed by atoms with Crippen molar-refractivity contribution in [2.24, 2.45) is 0 Å². The highest BCUT2D eigenvalue weighted by molar-refractivity contribution is 7.20. The third-order valence-electron chi connectivity index (χ3n) is 3.71. The number of nitrogens with one attached hydrogen (secondary N) is 2. The highest BCUT2D eigenvalue weighted by Gasteiger charge is 2.12. The van der Waals surface area contributed by atoms with Gasteiger partial charge in [-0.2, -0.15) is 0 Å². The van der Waals surface area contributed by atoms with Crippen molar-refractivity contribution in [1.82, 2.24) is 10.8 Å². The van der Waals surface area contributed by atoms with Crippen LogP contribution in [0, 0.1) is 0 Å². The summed E-state index contributed by atoms with van der Waals surface area (Å²) < 4.78 is 6.10. The lowest BCUT2D eigenvalue weighted by Gasteiger charge is -2.09. The van der Waals surface area contributed by atoms with Crippen LogP contribution in [-0.2, 0) is 6.54 Å². The Morgan fingerprint density at radius 2 is 1.92 bits per heavy atom. The first-order chi connectivity index (χ1) is 12.1. The highest BCUT2D eigenvalue weighted by Crippen LogP contribution is 2.26. The fourth-order valence-electron chi connectivity index (χ4n) is 2.46. The maximum atomic E-state index is 12.3. The summed E-state index contributed by atoms with van der Waals surface area (Å²) in [6.45, 7) is 0.353. The molecule has 25 heavy (non-hydrogen) atoms. The van der Waals surface area contributed by atoms with Gasteiger partial charge in [0.1, 0.15) is 5.75 Å². The van der Waals surface area contributed by atoms with Crippen molar-refractivity contribution < 1.29 is 19.5 Å². The van der Waals surface area contributed by atoms with Crippen molar-refractivity contribution in [1.29, 1.82) is 0 Å². The molecular weight excluding hydrogens is 340 g/mol. The molecule has 0 aliphatic carbocycles. The second-order valence-corrected chi connectivity index (χ2v) is 6.39. The number of hydrogen-bond acceptors (Lipinski definition) is 5. The molecule has 0 aliphatic rings. The van der Waals surface area contributed by atoms with E-state index in [0.717, 1.165) is 15.6 Å². The predicted octanol–water partition coefficient (Wildman–Crippen LogP) is 2.96. The first-order valence-electron chi connectivity index (χ1n) is 7.50. The molecule has 3 rings (SSSR count). The molecule has 2 amide bonds. The van der Waals surface area contributed by atoms with Crippen LogP contribution in [-0.4, -0.2) is 24.1 Å². The lowest BCUT2D eigenvalue weighted by molar-refractivity contribution is 0.0711. The standard InChI is InChI=1S/C18H16N2O4S/c1-24-14-5-3-2-4-13(14)17(21)19-10-11-6-7-12-9-16(18(22)20-23)25-15(12)8-11/h2-9,23H,10H2,1H3,(H,19,21)(H,20,22). The number of methoxy groups -OCH3 is 1. The van der Waals surface area contributed by atoms with Crippen LogP contribution in [0.25, 0.3) is 10.1 Å². The quantitative estimate of drug-likeness (QED) is 0.484. The van der Waals surface area contributed by atoms with Crippen molar-refractivity contribution in [2.45, 2.75) is 6.54 Å². The van der Waals surface area contributed by atoms with Gasteiger partial charge in [-0.25, -0.2) is 5.48 Å². The van der Waals surface area contributed by atoms with Crippen molar-refractivity contribution in [3.8, 4) is 5.75 Å². The minimum atomic E-state index is -0.535. The number of hydroxylamine groups is 1. The number of hydrogen-bond donors (Lipinski definition) is 3. The Hall–Kier alpha value is -2.90. The number of para-hydroxylation sites is 1. The molecule has 0 aliphatic heterocycles. The number of rotatable bonds is 5. The van der Waals surface area contributed by atoms with Crippen LogP contribution < -0.4 is 15.5 Å². The Labute approximate surface area is 148 Å². The van der Waals surface area contributed by atoms with Crippen molar-refractivity contribution in [3.63, 3.8) is 0 Å². The molecule has 0 atom stereocenters. The van der Waals surface area contributed by atoms with Crippen molar-refractivity contribution >= 4 is 33.2 Å². The van der Waals surface area contributed by atoms with Crippen LogP contribution >= 0.6 is 11.3 Å². The van der Waals surface area contributed by atoms with E-state index in [4.69, 9.17) is 9.94 Å². The minimum Gasteiger partial charge on any atom is -0.496 e. The number of ether oxygens (including phenoxy) is 1. The Morgan fingerprint density at radius 3 is 2.68 bits per heavy atom. The summed E-state index contributed by atoms with van der Waals surface area (Å²) >= 11 is 1.28. The van der Waals surface area contributed by atoms with E-state index in [1.165, 1.54) is 18.4 Å². The van der Waals surface area contributed by atoms with Crippen molar-refractivity contribution in [2.75, 3.05) is 7.11 Å². The lowest BCUT2D eigenvalue weighted by Crippen LogP contribution is -2.23. The molecule has 128 valence electrons. The summed E-state index contributed by atoms with van der Waals surface area (Å²) in [6, 6.07) is 14.4. The molecule has 3 N–H and O–H groups in total. The minimum absolute atomic E-state index is 0.218. The van der Waals surface area contributed by atoms with E-state index in [1.807, 2.05) is 18.2 Å². The first kappa shape index (κ1) is 16.9. The molecule has 0 spiro atoms. The summed E-state index contributed by atoms with van der Waals surface area (Å²) in [5.41, 5.74) is 3.02. The van der Waals surface area contributed by atoms with Gasteiger partial charge >= 0.3 is 0 Å². The number of thiophene rings is 1. The van der Waals surface area contributed by atoms with Crippen LogP contribution in [0.5, 0.6) is 5.75 Å². The van der Waals surface area contributed by atoms with Crippen LogP contribution in [0.15, 0.2) is 48.5 Å². The highest BCUT2D eigenvalue weighted by atomic mass is 32.1. The molecule has 2 aromatic carbocycles. The number of carbonyl (C=O) groups is 2. The maximum absolute atomic E-state index is 12.3. The van der Waals surface area contributed by atoms with Gasteiger partial charge in [-0.1, -0.05) is 24.3 Å². The van der Waals surface area contributed by atoms with Gasteiger partial charge in [-0.3, -0.25) is 14.8 Å². The summed E-state index contributed by atoms with van der Waals surface area (Å²) in [4.78, 5) is 24.2. The van der Waals surface area contributed by atoms with Crippen LogP contribution in [0.3, 0.4) is 0 Å². The number of carbonyl (C=O) groups excluding carboxylic acids is 2. The third kappa shape index (κ3) is 3.62. The number of benzene rings is 2. The van der Waals surface area contributed by atoms with E-state index < -0.39 is 5.91 Å². The molecule has 0 saturated carbocycles. The van der Waals surface area contributed by atoms with Gasteiger partial charge in [-0.15, -0.1) is 11.3 Å². The van der Waals surface area contributed by atoms with Gasteiger partial charge < -0.3 is 10.1 Å². The van der Waals surface area contributed by atoms with Gasteiger partial charge in [0, 0.05) is 11.2 Å². The van der Waals surface area contributed by atoms with E-state index in [-0.39, 0.29) is 5.91 Å². The number of fused-ring (bicyclic) bond motifs is 1. The van der Waals surface area contributed by atoms with Gasteiger partial charge in [0.2, 0.25) is 0 Å². The molecule has 0 saturated heterocycles. The summed E-state index contributed by atoms with van der Waals surface area (Å²) in [5, 5.41) is 12.5. The Balaban J connectivity index is 1.74. The van der Waals surface area contributed by atoms with Crippen LogP contribution in [0.4, 0.5) is 0 Å². The summed E-state index contributed by atoms with van der Waals surface area (Å²) in [5.74, 6) is -0.232. The van der Waals surface area contributed by atoms with E-state index in [2.05, 4.69) is 5.32 Å². The van der Waals surface area contributed by atoms with E-state index >= 15 is 0 Å². The lowest BCUT2D eigenvalue weighted by atomic mass is 10.1. The Morgan fingerprint density at radius 1 is 1.12 bits per heavy atom. The fraction of sp³-hybridized carbons (Fsp3) is 0.111. The molecule has 0 radical (unpaired) electrons. The predicted molar refractivity (Wildman–Crippen MR) is 95.2 cm³/mol. The van der Waals surface area contributed by atoms with Crippen LogP contribution in [0.1, 0.15) is 25.6 Å². The second-order valence-electron chi connectivity index (χ2n) is 5.31. The average Bonchev–Trinajstić information content (AvgIpc) is 3.08. The second kappa shape index (κ2) is 7.33. The van der Waals surface area contributed by atoms with E-state index in [1.54, 1.807) is 35.8 Å². The molecule has 0 bridgehead atoms. The zero-order chi connectivity index (χ0) is 17.8. The molecule has 3 aromatic rings. The van der Waals surface area contributed by atoms with Crippen molar-refractivity contribution in [3.05, 3.63) is 64.5 Å². The van der Waals surface area contributed by atoms with Gasteiger partial charge in [-0.05, 0) is 35.2 Å². The molecule has 1 heterocycles.